The van der Waals surface area contributed by atoms with Crippen LogP contribution in [0.4, 0.5) is 0 Å². The molecule has 1 heterocycles. The third-order valence-electron chi connectivity index (χ3n) is 2.61. The number of carboxylic acid groups (broad SMARTS) is 1. The minimum Gasteiger partial charge on any atom is -0.491 e. The van der Waals surface area contributed by atoms with Crippen LogP contribution in [0, 0.1) is 0 Å². The van der Waals surface area contributed by atoms with Gasteiger partial charge in [-0.25, -0.2) is 4.79 Å². The van der Waals surface area contributed by atoms with Crippen molar-refractivity contribution in [2.75, 3.05) is 12.9 Å². The number of aromatic nitrogens is 4. The Morgan fingerprint density at radius 3 is 2.57 bits per heavy atom. The summed E-state index contributed by atoms with van der Waals surface area (Å²) in [6.07, 6.45) is 1.28. The highest BCUT2D eigenvalue weighted by atomic mass is 32.2. The van der Waals surface area contributed by atoms with Crippen molar-refractivity contribution in [1.29, 1.82) is 0 Å². The van der Waals surface area contributed by atoms with Crippen molar-refractivity contribution in [3.05, 3.63) is 36.2 Å². The molecule has 0 saturated carbocycles. The number of carbonyl (C=O) groups is 1. The largest absolute Gasteiger partial charge is 0.491 e. The lowest BCUT2D eigenvalue weighted by molar-refractivity contribution is 0.0696. The summed E-state index contributed by atoms with van der Waals surface area (Å²) in [6, 6.07) is 5.69. The number of carboxylic acids is 1. The van der Waals surface area contributed by atoms with Crippen LogP contribution in [-0.2, 0) is 20.8 Å². The Hall–Kier alpha value is -2.53. The quantitative estimate of drug-likeness (QED) is 0.647. The van der Waals surface area contributed by atoms with Crippen LogP contribution in [-0.4, -0.2) is 58.7 Å². The first kappa shape index (κ1) is 16.8. The van der Waals surface area contributed by atoms with Gasteiger partial charge in [0.15, 0.2) is 6.33 Å². The van der Waals surface area contributed by atoms with Crippen LogP contribution >= 0.6 is 0 Å². The maximum absolute atomic E-state index is 11.3. The highest BCUT2D eigenvalue weighted by Crippen LogP contribution is 2.13. The first-order valence-corrected chi connectivity index (χ1v) is 8.20. The van der Waals surface area contributed by atoms with Crippen LogP contribution < -0.4 is 4.74 Å². The Balaban J connectivity index is 2.00. The molecule has 1 aromatic carbocycles. The predicted octanol–water partition coefficient (Wildman–Crippen LogP) is -0.205. The van der Waals surface area contributed by atoms with Crippen LogP contribution in [0.25, 0.3) is 0 Å². The first-order chi connectivity index (χ1) is 10.8. The Morgan fingerprint density at radius 1 is 1.35 bits per heavy atom. The monoisotopic (exact) mass is 342 g/mol. The number of hydrogen-bond acceptors (Lipinski definition) is 8. The third-order valence-corrected chi connectivity index (χ3v) is 3.23. The number of hydrogen-bond donors (Lipinski definition) is 1. The lowest BCUT2D eigenvalue weighted by Gasteiger charge is -2.16. The summed E-state index contributed by atoms with van der Waals surface area (Å²) in [5, 5.41) is 19.7. The van der Waals surface area contributed by atoms with Gasteiger partial charge in [-0.15, -0.1) is 10.2 Å². The zero-order valence-corrected chi connectivity index (χ0v) is 12.9. The van der Waals surface area contributed by atoms with Gasteiger partial charge in [0.1, 0.15) is 18.5 Å². The average molecular weight is 342 g/mol. The average Bonchev–Trinajstić information content (AvgIpc) is 2.96. The smallest absolute Gasteiger partial charge is 0.335 e. The van der Waals surface area contributed by atoms with Crippen molar-refractivity contribution < 1.29 is 27.2 Å². The van der Waals surface area contributed by atoms with E-state index in [4.69, 9.17) is 14.0 Å². The van der Waals surface area contributed by atoms with E-state index in [9.17, 15) is 13.2 Å². The first-order valence-electron chi connectivity index (χ1n) is 6.38. The molecule has 0 saturated heterocycles. The van der Waals surface area contributed by atoms with Gasteiger partial charge in [-0.05, 0) is 29.5 Å². The van der Waals surface area contributed by atoms with Crippen LogP contribution in [0.5, 0.6) is 5.75 Å². The van der Waals surface area contributed by atoms with E-state index in [1.54, 1.807) is 0 Å². The molecule has 11 heteroatoms. The summed E-state index contributed by atoms with van der Waals surface area (Å²) in [5.74, 6) is -0.671. The van der Waals surface area contributed by atoms with Crippen LogP contribution in [0.2, 0.25) is 0 Å². The van der Waals surface area contributed by atoms with Crippen molar-refractivity contribution in [2.45, 2.75) is 12.6 Å². The molecule has 10 nitrogen and oxygen atoms in total. The fraction of sp³-hybridized carbons (Fsp3) is 0.333. The molecule has 0 aliphatic rings. The molecule has 0 fully saturated rings. The number of rotatable bonds is 8. The number of nitrogens with zero attached hydrogens (tertiary/aromatic N) is 4. The van der Waals surface area contributed by atoms with Gasteiger partial charge in [-0.1, -0.05) is 0 Å². The highest BCUT2D eigenvalue weighted by Gasteiger charge is 2.18. The van der Waals surface area contributed by atoms with Gasteiger partial charge in [0.2, 0.25) is 0 Å². The van der Waals surface area contributed by atoms with E-state index in [0.717, 1.165) is 6.26 Å². The summed E-state index contributed by atoms with van der Waals surface area (Å²) in [6.45, 7) is -0.0681. The molecule has 2 aromatic rings. The van der Waals surface area contributed by atoms with E-state index < -0.39 is 22.2 Å². The fourth-order valence-corrected chi connectivity index (χ4v) is 2.31. The summed E-state index contributed by atoms with van der Waals surface area (Å²) < 4.78 is 32.9. The Kier molecular flexibility index (Phi) is 5.24. The van der Waals surface area contributed by atoms with Gasteiger partial charge < -0.3 is 9.84 Å². The van der Waals surface area contributed by atoms with E-state index in [0.29, 0.717) is 5.75 Å². The van der Waals surface area contributed by atoms with E-state index in [2.05, 4.69) is 15.4 Å². The van der Waals surface area contributed by atoms with Crippen molar-refractivity contribution in [3.63, 3.8) is 0 Å². The highest BCUT2D eigenvalue weighted by molar-refractivity contribution is 7.86. The standard InChI is InChI=1S/C12H14N4O6S/c1-23(19,20)22-11(6-16-14-8-13-15-16)7-21-10-4-2-9(3-5-10)12(17)18/h2-5,8,11H,6-7H2,1H3,(H,17,18)/t11-/m0/s1. The van der Waals surface area contributed by atoms with Gasteiger partial charge >= 0.3 is 5.97 Å². The van der Waals surface area contributed by atoms with Gasteiger partial charge in [0, 0.05) is 0 Å². The minimum atomic E-state index is -3.70. The normalized spacial score (nSPS) is 12.7. The van der Waals surface area contributed by atoms with Crippen molar-refractivity contribution in [2.24, 2.45) is 0 Å². The molecule has 0 aliphatic carbocycles. The minimum absolute atomic E-state index is 0.0281. The number of ether oxygens (including phenoxy) is 1. The van der Waals surface area contributed by atoms with E-state index in [1.165, 1.54) is 35.4 Å². The molecule has 0 spiro atoms. The fourth-order valence-electron chi connectivity index (χ4n) is 1.70. The molecule has 1 atom stereocenters. The predicted molar refractivity (Wildman–Crippen MR) is 76.4 cm³/mol. The summed E-state index contributed by atoms with van der Waals surface area (Å²) in [5.41, 5.74) is 0.119. The Morgan fingerprint density at radius 2 is 2.04 bits per heavy atom. The van der Waals surface area contributed by atoms with Crippen molar-refractivity contribution in [3.8, 4) is 5.75 Å². The third kappa shape index (κ3) is 5.64. The maximum atomic E-state index is 11.3. The van der Waals surface area contributed by atoms with Crippen LogP contribution in [0.1, 0.15) is 10.4 Å². The lowest BCUT2D eigenvalue weighted by atomic mass is 10.2. The van der Waals surface area contributed by atoms with E-state index in [-0.39, 0.29) is 18.7 Å². The van der Waals surface area contributed by atoms with Crippen LogP contribution in [0.3, 0.4) is 0 Å². The summed E-state index contributed by atoms with van der Waals surface area (Å²) in [7, 11) is -3.70. The van der Waals surface area contributed by atoms with E-state index >= 15 is 0 Å². The molecular weight excluding hydrogens is 328 g/mol. The summed E-state index contributed by atoms with van der Waals surface area (Å²) >= 11 is 0. The molecule has 1 N–H and O–H groups in total. The second-order valence-electron chi connectivity index (χ2n) is 4.55. The van der Waals surface area contributed by atoms with E-state index in [1.807, 2.05) is 0 Å². The van der Waals surface area contributed by atoms with Crippen LogP contribution in [0.15, 0.2) is 30.6 Å². The number of aromatic carboxylic acids is 1. The van der Waals surface area contributed by atoms with Gasteiger partial charge in [0.05, 0.1) is 18.4 Å². The number of benzene rings is 1. The Labute approximate surface area is 131 Å². The molecule has 124 valence electrons. The second kappa shape index (κ2) is 7.15. The topological polar surface area (TPSA) is 134 Å². The van der Waals surface area contributed by atoms with Gasteiger partial charge in [0.25, 0.3) is 10.1 Å². The molecule has 0 bridgehead atoms. The van der Waals surface area contributed by atoms with Crippen molar-refractivity contribution in [1.82, 2.24) is 20.2 Å². The zero-order valence-electron chi connectivity index (χ0n) is 12.1. The molecule has 0 amide bonds. The maximum Gasteiger partial charge on any atom is 0.335 e. The van der Waals surface area contributed by atoms with Crippen molar-refractivity contribution >= 4 is 16.1 Å². The molecule has 23 heavy (non-hydrogen) atoms. The molecule has 2 rings (SSSR count). The molecule has 0 aliphatic heterocycles. The number of tetrazole rings is 1. The molecule has 0 radical (unpaired) electrons. The van der Waals surface area contributed by atoms with Gasteiger partial charge in [-0.2, -0.15) is 13.2 Å². The summed E-state index contributed by atoms with van der Waals surface area (Å²) in [4.78, 5) is 11.9. The Bertz CT molecular complexity index is 744. The van der Waals surface area contributed by atoms with Gasteiger partial charge in [-0.3, -0.25) is 4.18 Å². The molecular formula is C12H14N4O6S. The lowest BCUT2D eigenvalue weighted by Crippen LogP contribution is -2.30. The second-order valence-corrected chi connectivity index (χ2v) is 6.15. The zero-order chi connectivity index (χ0) is 16.9. The molecule has 1 aromatic heterocycles. The SMILES string of the molecule is CS(=O)(=O)O[C@H](COc1ccc(C(=O)O)cc1)Cn1ncnn1. The molecule has 0 unspecified atom stereocenters.